The summed E-state index contributed by atoms with van der Waals surface area (Å²) in [5, 5.41) is 13.1. The van der Waals surface area contributed by atoms with Crippen molar-refractivity contribution in [3.8, 4) is 5.75 Å². The minimum Gasteiger partial charge on any atom is -0.508 e. The van der Waals surface area contributed by atoms with Crippen molar-refractivity contribution in [1.82, 2.24) is 5.32 Å². The molecule has 1 rings (SSSR count). The van der Waals surface area contributed by atoms with Crippen LogP contribution in [0, 0.1) is 0 Å². The van der Waals surface area contributed by atoms with Gasteiger partial charge >= 0.3 is 0 Å². The summed E-state index contributed by atoms with van der Waals surface area (Å²) in [5.41, 5.74) is 2.02. The van der Waals surface area contributed by atoms with Gasteiger partial charge in [0.05, 0.1) is 0 Å². The molecule has 1 atom stereocenters. The lowest BCUT2D eigenvalue weighted by atomic mass is 10.1. The SMILES string of the molecule is CCCCN(C)c1ccc(C(C)NC)c(O)c1. The molecular weight excluding hydrogens is 212 g/mol. The Morgan fingerprint density at radius 1 is 1.41 bits per heavy atom. The zero-order valence-corrected chi connectivity index (χ0v) is 11.3. The van der Waals surface area contributed by atoms with E-state index in [1.807, 2.05) is 26.1 Å². The fourth-order valence-corrected chi connectivity index (χ4v) is 1.82. The summed E-state index contributed by atoms with van der Waals surface area (Å²) in [7, 11) is 3.96. The van der Waals surface area contributed by atoms with E-state index in [-0.39, 0.29) is 6.04 Å². The third-order valence-corrected chi connectivity index (χ3v) is 3.20. The zero-order chi connectivity index (χ0) is 12.8. The lowest BCUT2D eigenvalue weighted by Gasteiger charge is -2.21. The standard InChI is InChI=1S/C14H24N2O/c1-5-6-9-16(4)12-7-8-13(11(2)15-3)14(17)10-12/h7-8,10-11,15,17H,5-6,9H2,1-4H3. The molecule has 3 nitrogen and oxygen atoms in total. The van der Waals surface area contributed by atoms with Gasteiger partial charge in [-0.2, -0.15) is 0 Å². The molecule has 0 bridgehead atoms. The fraction of sp³-hybridized carbons (Fsp3) is 0.571. The van der Waals surface area contributed by atoms with Crippen LogP contribution in [0.5, 0.6) is 5.75 Å². The van der Waals surface area contributed by atoms with Gasteiger partial charge in [0.2, 0.25) is 0 Å². The monoisotopic (exact) mass is 236 g/mol. The molecule has 1 aromatic carbocycles. The molecule has 0 amide bonds. The van der Waals surface area contributed by atoms with E-state index in [0.29, 0.717) is 5.75 Å². The molecule has 0 aliphatic rings. The molecule has 0 saturated carbocycles. The van der Waals surface area contributed by atoms with Crippen LogP contribution in [0.2, 0.25) is 0 Å². The van der Waals surface area contributed by atoms with Crippen LogP contribution in [-0.2, 0) is 0 Å². The normalized spacial score (nSPS) is 12.5. The number of hydrogen-bond donors (Lipinski definition) is 2. The number of anilines is 1. The zero-order valence-electron chi connectivity index (χ0n) is 11.3. The Morgan fingerprint density at radius 3 is 2.65 bits per heavy atom. The van der Waals surface area contributed by atoms with Crippen molar-refractivity contribution in [2.45, 2.75) is 32.7 Å². The van der Waals surface area contributed by atoms with Gasteiger partial charge in [0.15, 0.2) is 0 Å². The largest absolute Gasteiger partial charge is 0.508 e. The van der Waals surface area contributed by atoms with E-state index in [4.69, 9.17) is 0 Å². The maximum Gasteiger partial charge on any atom is 0.122 e. The van der Waals surface area contributed by atoms with Crippen molar-refractivity contribution in [3.05, 3.63) is 23.8 Å². The van der Waals surface area contributed by atoms with Gasteiger partial charge in [-0.05, 0) is 26.5 Å². The summed E-state index contributed by atoms with van der Waals surface area (Å²) in [6.45, 7) is 5.25. The average Bonchev–Trinajstić information content (AvgIpc) is 2.34. The van der Waals surface area contributed by atoms with Crippen molar-refractivity contribution in [1.29, 1.82) is 0 Å². The molecule has 0 saturated heterocycles. The van der Waals surface area contributed by atoms with Crippen LogP contribution in [0.4, 0.5) is 5.69 Å². The molecule has 0 aliphatic carbocycles. The van der Waals surface area contributed by atoms with Crippen LogP contribution in [0.3, 0.4) is 0 Å². The van der Waals surface area contributed by atoms with Crippen LogP contribution in [0.25, 0.3) is 0 Å². The Hall–Kier alpha value is -1.22. The van der Waals surface area contributed by atoms with Crippen molar-refractivity contribution < 1.29 is 5.11 Å². The van der Waals surface area contributed by atoms with E-state index in [2.05, 4.69) is 30.3 Å². The second kappa shape index (κ2) is 6.50. The summed E-state index contributed by atoms with van der Waals surface area (Å²) in [6.07, 6.45) is 2.36. The summed E-state index contributed by atoms with van der Waals surface area (Å²) in [5.74, 6) is 0.368. The maximum absolute atomic E-state index is 10.0. The van der Waals surface area contributed by atoms with Crippen LogP contribution >= 0.6 is 0 Å². The molecule has 3 heteroatoms. The topological polar surface area (TPSA) is 35.5 Å². The van der Waals surface area contributed by atoms with Gasteiger partial charge in [-0.3, -0.25) is 0 Å². The fourth-order valence-electron chi connectivity index (χ4n) is 1.82. The number of aromatic hydroxyl groups is 1. The molecule has 1 aromatic rings. The minimum atomic E-state index is 0.171. The van der Waals surface area contributed by atoms with Gasteiger partial charge in [-0.15, -0.1) is 0 Å². The summed E-state index contributed by atoms with van der Waals surface area (Å²) < 4.78 is 0. The lowest BCUT2D eigenvalue weighted by molar-refractivity contribution is 0.458. The molecule has 1 unspecified atom stereocenters. The molecule has 2 N–H and O–H groups in total. The first-order valence-corrected chi connectivity index (χ1v) is 6.31. The van der Waals surface area contributed by atoms with Gasteiger partial charge in [0.1, 0.15) is 5.75 Å². The van der Waals surface area contributed by atoms with Crippen molar-refractivity contribution in [2.24, 2.45) is 0 Å². The smallest absolute Gasteiger partial charge is 0.122 e. The van der Waals surface area contributed by atoms with Crippen LogP contribution < -0.4 is 10.2 Å². The first kappa shape index (κ1) is 13.8. The molecule has 0 radical (unpaired) electrons. The lowest BCUT2D eigenvalue weighted by Crippen LogP contribution is -2.18. The highest BCUT2D eigenvalue weighted by molar-refractivity contribution is 5.53. The van der Waals surface area contributed by atoms with Crippen molar-refractivity contribution >= 4 is 5.69 Å². The van der Waals surface area contributed by atoms with E-state index in [0.717, 1.165) is 17.8 Å². The summed E-state index contributed by atoms with van der Waals surface area (Å²) in [6, 6.07) is 6.08. The number of nitrogens with zero attached hydrogens (tertiary/aromatic N) is 1. The highest BCUT2D eigenvalue weighted by Gasteiger charge is 2.10. The Kier molecular flexibility index (Phi) is 5.29. The Morgan fingerprint density at radius 2 is 2.12 bits per heavy atom. The summed E-state index contributed by atoms with van der Waals surface area (Å²) in [4.78, 5) is 2.18. The van der Waals surface area contributed by atoms with E-state index in [9.17, 15) is 5.11 Å². The van der Waals surface area contributed by atoms with Gasteiger partial charge < -0.3 is 15.3 Å². The number of unbranched alkanes of at least 4 members (excludes halogenated alkanes) is 1. The van der Waals surface area contributed by atoms with Gasteiger partial charge in [-0.1, -0.05) is 19.4 Å². The van der Waals surface area contributed by atoms with Gasteiger partial charge in [-0.25, -0.2) is 0 Å². The number of phenolic OH excluding ortho intramolecular Hbond substituents is 1. The minimum absolute atomic E-state index is 0.171. The van der Waals surface area contributed by atoms with Crippen LogP contribution in [-0.4, -0.2) is 25.7 Å². The second-order valence-electron chi connectivity index (χ2n) is 4.53. The van der Waals surface area contributed by atoms with E-state index in [1.165, 1.54) is 12.8 Å². The molecule has 0 spiro atoms. The second-order valence-corrected chi connectivity index (χ2v) is 4.53. The molecule has 0 aliphatic heterocycles. The highest BCUT2D eigenvalue weighted by Crippen LogP contribution is 2.28. The van der Waals surface area contributed by atoms with Crippen LogP contribution in [0.15, 0.2) is 18.2 Å². The van der Waals surface area contributed by atoms with E-state index in [1.54, 1.807) is 0 Å². The third-order valence-electron chi connectivity index (χ3n) is 3.20. The first-order valence-electron chi connectivity index (χ1n) is 6.31. The van der Waals surface area contributed by atoms with Gasteiger partial charge in [0, 0.05) is 37.0 Å². The Bertz CT molecular complexity index is 352. The Labute approximate surface area is 104 Å². The number of hydrogen-bond acceptors (Lipinski definition) is 3. The predicted octanol–water partition coefficient (Wildman–Crippen LogP) is 2.91. The molecular formula is C14H24N2O. The molecule has 17 heavy (non-hydrogen) atoms. The molecule has 0 fully saturated rings. The van der Waals surface area contributed by atoms with Gasteiger partial charge in [0.25, 0.3) is 0 Å². The quantitative estimate of drug-likeness (QED) is 0.797. The predicted molar refractivity (Wildman–Crippen MR) is 73.8 cm³/mol. The van der Waals surface area contributed by atoms with Crippen LogP contribution in [0.1, 0.15) is 38.3 Å². The van der Waals surface area contributed by atoms with Crippen molar-refractivity contribution in [3.63, 3.8) is 0 Å². The number of phenols is 1. The highest BCUT2D eigenvalue weighted by atomic mass is 16.3. The molecule has 0 heterocycles. The molecule has 0 aromatic heterocycles. The van der Waals surface area contributed by atoms with E-state index >= 15 is 0 Å². The van der Waals surface area contributed by atoms with Crippen molar-refractivity contribution in [2.75, 3.05) is 25.5 Å². The first-order chi connectivity index (χ1) is 8.10. The number of rotatable bonds is 6. The number of nitrogens with one attached hydrogen (secondary N) is 1. The third kappa shape index (κ3) is 3.63. The number of benzene rings is 1. The summed E-state index contributed by atoms with van der Waals surface area (Å²) >= 11 is 0. The maximum atomic E-state index is 10.0. The van der Waals surface area contributed by atoms with E-state index < -0.39 is 0 Å². The Balaban J connectivity index is 2.81. The molecule has 96 valence electrons. The average molecular weight is 236 g/mol.